The number of carbonyl (C=O) groups is 2. The quantitative estimate of drug-likeness (QED) is 0.0627. The molecular formula is C101H131F5N6O7. The van der Waals surface area contributed by atoms with Gasteiger partial charge in [0.1, 0.15) is 5.82 Å². The smallest absolute Gasteiger partial charge is 0.373 e. The van der Waals surface area contributed by atoms with Crippen molar-refractivity contribution in [1.29, 1.82) is 0 Å². The zero-order chi connectivity index (χ0) is 91.2. The predicted molar refractivity (Wildman–Crippen MR) is 476 cm³/mol. The van der Waals surface area contributed by atoms with Crippen molar-refractivity contribution in [2.24, 2.45) is 0 Å². The Labute approximate surface area is 708 Å². The Hall–Kier alpha value is -11.2. The number of aliphatic hydroxyl groups excluding tert-OH is 1. The van der Waals surface area contributed by atoms with E-state index in [4.69, 9.17) is 30.9 Å². The van der Waals surface area contributed by atoms with Crippen molar-refractivity contribution >= 4 is 29.8 Å². The standard InChI is InChI=1S/C12H16FNO.C12H17NO.C11H16O.C10H11N.2C10H14.C9H13N.C9H12.2C8H9F2N.2CO2/c1-8(2)9-5-6-11(13)10(7-9)12(15)14(3)4;1-9(2)10-6-5-7-11(8-10)12(14)13(3)4;1-9(2)11-5-3-4-10(8-11)6-7-12;1-8(2)9-5-4-6-10(7-9)11-3;1-8(2)10-6-4-9(3)5-7-10;1-8(2)10-6-4-5-9(3)7-10;1-7(2)9-5-4-8(3)6-10-9;1-8(2)9-6-4-3-5-7-9;1-5(2)6-3-7(9)8(10)11-4-6;1-5(2)6-3-4-7(9)11-8(6)10;2*2-1-3/h5-8H,1-4H3;5-9H,1-4H3;3-5,8-9,12H,6-7H2,1-2H3;4-8H,1-2H3;2*4-8H,1-3H3;4-7H,1-3H3;3-8H,1-2H3;2*3-5H,1-2H3;;. The third-order valence-corrected chi connectivity index (χ3v) is 17.6. The van der Waals surface area contributed by atoms with E-state index < -0.39 is 29.5 Å². The summed E-state index contributed by atoms with van der Waals surface area (Å²) in [6.45, 7) is 55.3. The van der Waals surface area contributed by atoms with Gasteiger partial charge >= 0.3 is 12.3 Å². The van der Waals surface area contributed by atoms with Crippen LogP contribution in [0.5, 0.6) is 0 Å². The van der Waals surface area contributed by atoms with Crippen molar-refractivity contribution in [3.63, 3.8) is 0 Å². The summed E-state index contributed by atoms with van der Waals surface area (Å²) >= 11 is 0. The number of aliphatic hydroxyl groups is 1. The molecule has 0 radical (unpaired) electrons. The van der Waals surface area contributed by atoms with Crippen molar-refractivity contribution in [3.05, 3.63) is 343 Å². The number of rotatable bonds is 14. The lowest BCUT2D eigenvalue weighted by Crippen LogP contribution is -2.23. The van der Waals surface area contributed by atoms with Crippen LogP contribution in [0.4, 0.5) is 27.6 Å². The Kier molecular flexibility index (Phi) is 56.5. The summed E-state index contributed by atoms with van der Waals surface area (Å²) in [4.78, 5) is 72.7. The molecule has 0 atom stereocenters. The van der Waals surface area contributed by atoms with Gasteiger partial charge in [0.25, 0.3) is 11.8 Å². The first kappa shape index (κ1) is 110. The van der Waals surface area contributed by atoms with E-state index >= 15 is 0 Å². The Morgan fingerprint density at radius 2 is 0.815 bits per heavy atom. The number of pyridine rings is 3. The number of aromatic nitrogens is 3. The summed E-state index contributed by atoms with van der Waals surface area (Å²) in [6.07, 6.45) is 4.53. The molecule has 3 aromatic heterocycles. The van der Waals surface area contributed by atoms with Crippen LogP contribution >= 0.6 is 0 Å². The largest absolute Gasteiger partial charge is 0.396 e. The number of aryl methyl sites for hydroxylation is 3. The highest BCUT2D eigenvalue weighted by atomic mass is 19.2. The molecule has 0 spiro atoms. The molecule has 0 aliphatic rings. The van der Waals surface area contributed by atoms with Crippen molar-refractivity contribution in [1.82, 2.24) is 24.8 Å². The average Bonchev–Trinajstić information content (AvgIpc) is 0.843. The van der Waals surface area contributed by atoms with E-state index in [1.165, 1.54) is 96.7 Å². The third-order valence-electron chi connectivity index (χ3n) is 17.6. The topological polar surface area (TPSA) is 172 Å². The zero-order valence-electron chi connectivity index (χ0n) is 75.4. The second kappa shape index (κ2) is 61.2. The number of carbonyl (C=O) groups excluding carboxylic acids is 6. The maximum absolute atomic E-state index is 13.4. The van der Waals surface area contributed by atoms with Crippen LogP contribution in [0.3, 0.4) is 0 Å². The van der Waals surface area contributed by atoms with Gasteiger partial charge in [0.05, 0.1) is 12.1 Å². The molecule has 7 aromatic carbocycles. The van der Waals surface area contributed by atoms with Gasteiger partial charge in [0.2, 0.25) is 17.8 Å². The third kappa shape index (κ3) is 47.7. The summed E-state index contributed by atoms with van der Waals surface area (Å²) in [5.74, 6) is 0.482. The highest BCUT2D eigenvalue weighted by molar-refractivity contribution is 5.94. The van der Waals surface area contributed by atoms with Gasteiger partial charge in [-0.3, -0.25) is 14.6 Å². The second-order valence-electron chi connectivity index (χ2n) is 31.5. The van der Waals surface area contributed by atoms with Gasteiger partial charge in [-0.15, -0.1) is 0 Å². The fraction of sp³-hybridized carbons (Fsp3) is 0.386. The van der Waals surface area contributed by atoms with Gasteiger partial charge < -0.3 is 14.9 Å². The summed E-state index contributed by atoms with van der Waals surface area (Å²) in [6, 6.07) is 64.5. The molecule has 1 N–H and O–H groups in total. The normalized spacial score (nSPS) is 10.0. The zero-order valence-corrected chi connectivity index (χ0v) is 75.4. The number of benzene rings is 7. The van der Waals surface area contributed by atoms with Crippen molar-refractivity contribution in [2.45, 2.75) is 225 Å². The lowest BCUT2D eigenvalue weighted by atomic mass is 10.00. The molecule has 0 saturated heterocycles. The van der Waals surface area contributed by atoms with Crippen LogP contribution in [0.25, 0.3) is 4.85 Å². The minimum Gasteiger partial charge on any atom is -0.396 e. The van der Waals surface area contributed by atoms with E-state index in [9.17, 15) is 31.5 Å². The van der Waals surface area contributed by atoms with E-state index in [0.717, 1.165) is 23.2 Å². The molecule has 0 unspecified atom stereocenters. The van der Waals surface area contributed by atoms with Gasteiger partial charge in [-0.1, -0.05) is 307 Å². The number of amides is 2. The summed E-state index contributed by atoms with van der Waals surface area (Å²) < 4.78 is 63.2. The molecule has 2 amide bonds. The number of halogens is 5. The minimum absolute atomic E-state index is 0.0445. The predicted octanol–water partition coefficient (Wildman–Crippen LogP) is 26.2. The van der Waals surface area contributed by atoms with Gasteiger partial charge in [-0.25, -0.2) is 18.6 Å². The van der Waals surface area contributed by atoms with Crippen LogP contribution in [0, 0.1) is 56.8 Å². The van der Waals surface area contributed by atoms with Gasteiger partial charge in [0, 0.05) is 64.0 Å². The lowest BCUT2D eigenvalue weighted by Gasteiger charge is -2.13. The molecule has 0 saturated carbocycles. The van der Waals surface area contributed by atoms with Crippen LogP contribution in [-0.4, -0.2) is 88.8 Å². The minimum atomic E-state index is -1.03. The van der Waals surface area contributed by atoms with E-state index in [1.807, 2.05) is 90.2 Å². The Morgan fingerprint density at radius 1 is 0.387 bits per heavy atom. The van der Waals surface area contributed by atoms with Crippen molar-refractivity contribution < 1.29 is 55.8 Å². The summed E-state index contributed by atoms with van der Waals surface area (Å²) in [5, 5.41) is 8.75. The first-order valence-corrected chi connectivity index (χ1v) is 40.1. The SMILES string of the molecule is CC(C)c1ccc(F)c(C(=O)N(C)C)c1.CC(C)c1ccc(F)nc1F.CC(C)c1cccc(C(=O)N(C)C)c1.CC(C)c1cccc(CCO)c1.CC(C)c1ccccc1.CC(C)c1cnc(F)c(F)c1.Cc1ccc(C(C)C)cc1.Cc1ccc(C(C)C)nc1.Cc1cccc(C(C)C)c1.O=C=O.O=C=O.[C-]#[N+]c1cccc(C(C)C)c1. The summed E-state index contributed by atoms with van der Waals surface area (Å²) in [5.41, 5.74) is 18.1. The molecule has 119 heavy (non-hydrogen) atoms. The maximum Gasteiger partial charge on any atom is 0.373 e. The molecule has 3 heterocycles. The number of hydrogen-bond donors (Lipinski definition) is 1. The first-order chi connectivity index (χ1) is 55.9. The molecule has 0 aliphatic carbocycles. The fourth-order valence-corrected chi connectivity index (χ4v) is 10.0. The molecule has 0 fully saturated rings. The Balaban J connectivity index is 0. The van der Waals surface area contributed by atoms with Crippen LogP contribution < -0.4 is 0 Å². The van der Waals surface area contributed by atoms with E-state index in [0.29, 0.717) is 58.5 Å². The number of hydrogen-bond acceptors (Lipinski definition) is 10. The average molecular weight is 1640 g/mol. The molecule has 0 bridgehead atoms. The Morgan fingerprint density at radius 3 is 1.23 bits per heavy atom. The lowest BCUT2D eigenvalue weighted by molar-refractivity contribution is -0.193. The maximum atomic E-state index is 13.4. The second-order valence-corrected chi connectivity index (χ2v) is 31.5. The van der Waals surface area contributed by atoms with Gasteiger partial charge in [0.15, 0.2) is 11.5 Å². The van der Waals surface area contributed by atoms with Crippen LogP contribution in [0.15, 0.2) is 213 Å². The van der Waals surface area contributed by atoms with Gasteiger partial charge in [-0.05, 0) is 185 Å². The molecular weight excluding hydrogens is 1500 g/mol. The Bertz CT molecular complexity index is 4540. The monoisotopic (exact) mass is 1630 g/mol. The molecule has 0 aliphatic heterocycles. The highest BCUT2D eigenvalue weighted by Crippen LogP contribution is 2.24. The molecule has 10 aromatic rings. The van der Waals surface area contributed by atoms with Crippen LogP contribution in [-0.2, 0) is 25.6 Å². The van der Waals surface area contributed by atoms with Gasteiger partial charge in [-0.2, -0.15) is 37.3 Å². The van der Waals surface area contributed by atoms with E-state index in [-0.39, 0.29) is 48.1 Å². The molecule has 10 rings (SSSR count). The molecule has 13 nitrogen and oxygen atoms in total. The van der Waals surface area contributed by atoms with E-state index in [1.54, 1.807) is 45.2 Å². The summed E-state index contributed by atoms with van der Waals surface area (Å²) in [7, 11) is 6.77. The number of nitrogens with zero attached hydrogens (tertiary/aromatic N) is 6. The molecule has 642 valence electrons. The van der Waals surface area contributed by atoms with Crippen LogP contribution in [0.2, 0.25) is 0 Å². The van der Waals surface area contributed by atoms with Crippen LogP contribution in [0.1, 0.15) is 296 Å². The highest BCUT2D eigenvalue weighted by Gasteiger charge is 2.16. The van der Waals surface area contributed by atoms with Crippen molar-refractivity contribution in [2.75, 3.05) is 34.8 Å². The van der Waals surface area contributed by atoms with E-state index in [2.05, 4.69) is 259 Å². The molecule has 18 heteroatoms. The van der Waals surface area contributed by atoms with Crippen molar-refractivity contribution in [3.8, 4) is 0 Å². The fourth-order valence-electron chi connectivity index (χ4n) is 10.0. The first-order valence-electron chi connectivity index (χ1n) is 40.1.